The smallest absolute Gasteiger partial charge is 0.123 e. The van der Waals surface area contributed by atoms with E-state index >= 15 is 0 Å². The lowest BCUT2D eigenvalue weighted by Crippen LogP contribution is -2.18. The summed E-state index contributed by atoms with van der Waals surface area (Å²) in [5.74, 6) is -0.137. The number of hydrogen-bond donors (Lipinski definition) is 1. The molecule has 0 radical (unpaired) electrons. The third-order valence-electron chi connectivity index (χ3n) is 3.58. The van der Waals surface area contributed by atoms with Crippen LogP contribution in [0.15, 0.2) is 48.5 Å². The van der Waals surface area contributed by atoms with Crippen molar-refractivity contribution in [3.05, 3.63) is 71.0 Å². The molecule has 0 heterocycles. The maximum atomic E-state index is 13.3. The van der Waals surface area contributed by atoms with Gasteiger partial charge in [-0.05, 0) is 41.7 Å². The predicted octanol–water partition coefficient (Wildman–Crippen LogP) is 4.02. The first-order chi connectivity index (χ1) is 8.83. The van der Waals surface area contributed by atoms with Crippen molar-refractivity contribution in [1.29, 1.82) is 0 Å². The number of benzene rings is 2. The summed E-state index contributed by atoms with van der Waals surface area (Å²) in [6, 6.07) is 15.7. The largest absolute Gasteiger partial charge is 0.306 e. The maximum Gasteiger partial charge on any atom is 0.123 e. The molecule has 3 rings (SSSR count). The van der Waals surface area contributed by atoms with Crippen LogP contribution in [0.1, 0.15) is 29.2 Å². The second kappa shape index (κ2) is 6.18. The normalized spacial score (nSPS) is 16.8. The molecule has 0 fully saturated rings. The van der Waals surface area contributed by atoms with Crippen LogP contribution in [0.25, 0.3) is 0 Å². The lowest BCUT2D eigenvalue weighted by Gasteiger charge is -2.14. The van der Waals surface area contributed by atoms with E-state index in [0.29, 0.717) is 0 Å². The summed E-state index contributed by atoms with van der Waals surface area (Å²) in [6.07, 6.45) is 2.10. The van der Waals surface area contributed by atoms with E-state index in [9.17, 15) is 4.39 Å². The Morgan fingerprint density at radius 2 is 1.89 bits per heavy atom. The average molecular weight is 278 g/mol. The monoisotopic (exact) mass is 277 g/mol. The highest BCUT2D eigenvalue weighted by Gasteiger charge is 2.22. The zero-order valence-electron chi connectivity index (χ0n) is 10.6. The van der Waals surface area contributed by atoms with E-state index < -0.39 is 0 Å². The average Bonchev–Trinajstić information content (AvgIpc) is 2.80. The Labute approximate surface area is 119 Å². The fourth-order valence-corrected chi connectivity index (χ4v) is 2.62. The molecule has 1 atom stereocenters. The number of nitrogens with one attached hydrogen (secondary N) is 1. The van der Waals surface area contributed by atoms with Gasteiger partial charge in [-0.25, -0.2) is 4.39 Å². The van der Waals surface area contributed by atoms with Crippen LogP contribution < -0.4 is 5.32 Å². The summed E-state index contributed by atoms with van der Waals surface area (Å²) in [5, 5.41) is 3.51. The molecule has 0 saturated heterocycles. The minimum Gasteiger partial charge on any atom is -0.306 e. The van der Waals surface area contributed by atoms with E-state index in [1.54, 1.807) is 12.1 Å². The first-order valence-electron chi connectivity index (χ1n) is 6.38. The molecule has 2 aromatic rings. The van der Waals surface area contributed by atoms with Crippen LogP contribution in [0, 0.1) is 5.82 Å². The maximum absolute atomic E-state index is 13.3. The second-order valence-electron chi connectivity index (χ2n) is 4.80. The van der Waals surface area contributed by atoms with E-state index in [1.165, 1.54) is 11.1 Å². The van der Waals surface area contributed by atoms with Gasteiger partial charge >= 0.3 is 0 Å². The van der Waals surface area contributed by atoms with Crippen molar-refractivity contribution in [2.24, 2.45) is 0 Å². The Kier molecular flexibility index (Phi) is 4.56. The van der Waals surface area contributed by atoms with E-state index in [2.05, 4.69) is 17.4 Å². The fraction of sp³-hybridized carbons (Fsp3) is 0.250. The molecule has 0 spiro atoms. The van der Waals surface area contributed by atoms with Gasteiger partial charge in [0, 0.05) is 12.6 Å². The van der Waals surface area contributed by atoms with Crippen molar-refractivity contribution in [1.82, 2.24) is 5.32 Å². The van der Waals surface area contributed by atoms with Gasteiger partial charge in [-0.1, -0.05) is 36.4 Å². The predicted molar refractivity (Wildman–Crippen MR) is 78.0 cm³/mol. The van der Waals surface area contributed by atoms with Crippen molar-refractivity contribution < 1.29 is 4.39 Å². The van der Waals surface area contributed by atoms with Crippen LogP contribution >= 0.6 is 12.4 Å². The Bertz CT molecular complexity index is 542. The fourth-order valence-electron chi connectivity index (χ4n) is 2.62. The van der Waals surface area contributed by atoms with E-state index in [-0.39, 0.29) is 24.3 Å². The number of rotatable bonds is 3. The van der Waals surface area contributed by atoms with Crippen LogP contribution in [0.5, 0.6) is 0 Å². The highest BCUT2D eigenvalue weighted by atomic mass is 35.5. The topological polar surface area (TPSA) is 12.0 Å². The molecule has 1 nitrogen and oxygen atoms in total. The highest BCUT2D eigenvalue weighted by Crippen LogP contribution is 2.31. The molecule has 0 unspecified atom stereocenters. The first-order valence-corrected chi connectivity index (χ1v) is 6.38. The van der Waals surface area contributed by atoms with Crippen molar-refractivity contribution in [2.75, 3.05) is 0 Å². The van der Waals surface area contributed by atoms with Crippen molar-refractivity contribution in [3.63, 3.8) is 0 Å². The molecule has 3 heteroatoms. The van der Waals surface area contributed by atoms with Gasteiger partial charge in [-0.15, -0.1) is 12.4 Å². The van der Waals surface area contributed by atoms with Crippen LogP contribution in [-0.4, -0.2) is 0 Å². The third kappa shape index (κ3) is 3.14. The lowest BCUT2D eigenvalue weighted by molar-refractivity contribution is 0.527. The van der Waals surface area contributed by atoms with Gasteiger partial charge in [-0.2, -0.15) is 0 Å². The van der Waals surface area contributed by atoms with Gasteiger partial charge in [0.05, 0.1) is 0 Å². The van der Waals surface area contributed by atoms with Crippen molar-refractivity contribution >= 4 is 12.4 Å². The molecule has 0 saturated carbocycles. The lowest BCUT2D eigenvalue weighted by atomic mass is 10.1. The Morgan fingerprint density at radius 3 is 2.68 bits per heavy atom. The standard InChI is InChI=1S/C16H16FN.ClH/c17-14-8-6-13-7-9-16(15(13)10-14)18-11-12-4-2-1-3-5-12;/h1-6,8,10,16,18H,7,9,11H2;1H/t16-;/m0./s1. The molecule has 19 heavy (non-hydrogen) atoms. The van der Waals surface area contributed by atoms with E-state index in [1.807, 2.05) is 24.3 Å². The summed E-state index contributed by atoms with van der Waals surface area (Å²) in [5.41, 5.74) is 3.68. The van der Waals surface area contributed by atoms with Gasteiger partial charge in [-0.3, -0.25) is 0 Å². The molecule has 0 aliphatic heterocycles. The molecule has 0 bridgehead atoms. The third-order valence-corrected chi connectivity index (χ3v) is 3.58. The quantitative estimate of drug-likeness (QED) is 0.893. The molecule has 100 valence electrons. The van der Waals surface area contributed by atoms with Crippen LogP contribution in [0.4, 0.5) is 4.39 Å². The molecule has 1 N–H and O–H groups in total. The highest BCUT2D eigenvalue weighted by molar-refractivity contribution is 5.85. The zero-order chi connectivity index (χ0) is 12.4. The Balaban J connectivity index is 0.00000133. The van der Waals surface area contributed by atoms with Crippen molar-refractivity contribution in [2.45, 2.75) is 25.4 Å². The molecule has 1 aliphatic rings. The second-order valence-corrected chi connectivity index (χ2v) is 4.80. The van der Waals surface area contributed by atoms with E-state index in [0.717, 1.165) is 24.9 Å². The summed E-state index contributed by atoms with van der Waals surface area (Å²) in [7, 11) is 0. The SMILES string of the molecule is Cl.Fc1ccc2c(c1)[C@@H](NCc1ccccc1)CC2. The molecule has 0 aromatic heterocycles. The molecule has 0 amide bonds. The number of halogens is 2. The Hall–Kier alpha value is -1.38. The van der Waals surface area contributed by atoms with Crippen molar-refractivity contribution in [3.8, 4) is 0 Å². The van der Waals surface area contributed by atoms with Crippen LogP contribution in [-0.2, 0) is 13.0 Å². The van der Waals surface area contributed by atoms with Crippen LogP contribution in [0.2, 0.25) is 0 Å². The Morgan fingerprint density at radius 1 is 1.11 bits per heavy atom. The molecular formula is C16H17ClFN. The number of aryl methyl sites for hydroxylation is 1. The van der Waals surface area contributed by atoms with Gasteiger partial charge in [0.1, 0.15) is 5.82 Å². The molecular weight excluding hydrogens is 261 g/mol. The number of fused-ring (bicyclic) bond motifs is 1. The molecule has 2 aromatic carbocycles. The minimum absolute atomic E-state index is 0. The van der Waals surface area contributed by atoms with E-state index in [4.69, 9.17) is 0 Å². The van der Waals surface area contributed by atoms with Gasteiger partial charge in [0.15, 0.2) is 0 Å². The molecule has 1 aliphatic carbocycles. The van der Waals surface area contributed by atoms with Gasteiger partial charge in [0.25, 0.3) is 0 Å². The number of hydrogen-bond acceptors (Lipinski definition) is 1. The minimum atomic E-state index is -0.137. The van der Waals surface area contributed by atoms with Gasteiger partial charge in [0.2, 0.25) is 0 Å². The van der Waals surface area contributed by atoms with Crippen LogP contribution in [0.3, 0.4) is 0 Å². The van der Waals surface area contributed by atoms with Gasteiger partial charge < -0.3 is 5.32 Å². The summed E-state index contributed by atoms with van der Waals surface area (Å²) in [4.78, 5) is 0. The summed E-state index contributed by atoms with van der Waals surface area (Å²) >= 11 is 0. The summed E-state index contributed by atoms with van der Waals surface area (Å²) < 4.78 is 13.3. The first kappa shape index (κ1) is 14.0. The zero-order valence-corrected chi connectivity index (χ0v) is 11.4. The summed E-state index contributed by atoms with van der Waals surface area (Å²) in [6.45, 7) is 0.835.